The van der Waals surface area contributed by atoms with Crippen molar-refractivity contribution in [2.75, 3.05) is 0 Å². The largest absolute Gasteiger partial charge is 0.361 e. The van der Waals surface area contributed by atoms with Crippen LogP contribution in [-0.2, 0) is 9.84 Å². The third-order valence-electron chi connectivity index (χ3n) is 5.37. The van der Waals surface area contributed by atoms with Crippen LogP contribution in [0.5, 0.6) is 0 Å². The lowest BCUT2D eigenvalue weighted by Gasteiger charge is -2.08. The summed E-state index contributed by atoms with van der Waals surface area (Å²) in [6, 6.07) is 15.0. The maximum atomic E-state index is 12.4. The number of aromatic nitrogens is 4. The first-order valence-corrected chi connectivity index (χ1v) is 11.2. The SMILES string of the molecule is CC(C)S(=O)(=O)c1ccc(-c2cnc3[nH]cc(-c4cccc5[nH]ccc45)c3n2)cc1. The molecule has 0 saturated heterocycles. The van der Waals surface area contributed by atoms with Crippen molar-refractivity contribution in [1.29, 1.82) is 0 Å². The summed E-state index contributed by atoms with van der Waals surface area (Å²) in [5, 5.41) is 0.659. The van der Waals surface area contributed by atoms with E-state index in [2.05, 4.69) is 27.1 Å². The summed E-state index contributed by atoms with van der Waals surface area (Å²) in [5.74, 6) is 0. The van der Waals surface area contributed by atoms with Crippen LogP contribution >= 0.6 is 0 Å². The summed E-state index contributed by atoms with van der Waals surface area (Å²) < 4.78 is 24.7. The van der Waals surface area contributed by atoms with E-state index in [9.17, 15) is 8.42 Å². The zero-order valence-electron chi connectivity index (χ0n) is 16.5. The van der Waals surface area contributed by atoms with Gasteiger partial charge in [-0.2, -0.15) is 0 Å². The fraction of sp³-hybridized carbons (Fsp3) is 0.130. The highest BCUT2D eigenvalue weighted by molar-refractivity contribution is 7.92. The van der Waals surface area contributed by atoms with E-state index in [-0.39, 0.29) is 0 Å². The molecule has 30 heavy (non-hydrogen) atoms. The molecule has 0 bridgehead atoms. The van der Waals surface area contributed by atoms with Gasteiger partial charge in [-0.15, -0.1) is 0 Å². The van der Waals surface area contributed by atoms with Crippen LogP contribution in [0.2, 0.25) is 0 Å². The molecule has 3 aromatic heterocycles. The molecule has 2 aromatic carbocycles. The van der Waals surface area contributed by atoms with Gasteiger partial charge < -0.3 is 9.97 Å². The minimum atomic E-state index is -3.30. The van der Waals surface area contributed by atoms with Gasteiger partial charge in [-0.05, 0) is 43.7 Å². The number of rotatable bonds is 4. The van der Waals surface area contributed by atoms with Gasteiger partial charge in [-0.25, -0.2) is 18.4 Å². The Balaban J connectivity index is 1.61. The van der Waals surface area contributed by atoms with E-state index in [4.69, 9.17) is 4.98 Å². The first-order valence-electron chi connectivity index (χ1n) is 9.70. The maximum Gasteiger partial charge on any atom is 0.180 e. The van der Waals surface area contributed by atoms with Gasteiger partial charge in [-0.3, -0.25) is 0 Å². The Morgan fingerprint density at radius 3 is 2.50 bits per heavy atom. The molecule has 150 valence electrons. The lowest BCUT2D eigenvalue weighted by Crippen LogP contribution is -2.13. The predicted molar refractivity (Wildman–Crippen MR) is 119 cm³/mol. The van der Waals surface area contributed by atoms with Gasteiger partial charge in [0.15, 0.2) is 15.5 Å². The maximum absolute atomic E-state index is 12.4. The van der Waals surface area contributed by atoms with Crippen molar-refractivity contribution < 1.29 is 8.42 Å². The third-order valence-corrected chi connectivity index (χ3v) is 7.54. The number of hydrogen-bond donors (Lipinski definition) is 2. The molecule has 0 fully saturated rings. The molecular formula is C23H20N4O2S. The number of nitrogens with zero attached hydrogens (tertiary/aromatic N) is 2. The van der Waals surface area contributed by atoms with Gasteiger partial charge in [0.25, 0.3) is 0 Å². The van der Waals surface area contributed by atoms with Gasteiger partial charge in [-0.1, -0.05) is 24.3 Å². The van der Waals surface area contributed by atoms with Crippen LogP contribution in [0, 0.1) is 0 Å². The van der Waals surface area contributed by atoms with Crippen LogP contribution in [-0.4, -0.2) is 33.6 Å². The van der Waals surface area contributed by atoms with Gasteiger partial charge in [0.1, 0.15) is 5.52 Å². The Morgan fingerprint density at radius 1 is 0.933 bits per heavy atom. The standard InChI is InChI=1S/C23H20N4O2S/c1-14(2)30(28,29)16-8-6-15(7-9-16)21-13-26-23-22(27-21)19(12-25-23)17-4-3-5-20-18(17)10-11-24-20/h3-14,24H,1-2H3,(H,25,26). The van der Waals surface area contributed by atoms with Gasteiger partial charge in [0.2, 0.25) is 0 Å². The van der Waals surface area contributed by atoms with Crippen LogP contribution in [0.25, 0.3) is 44.5 Å². The summed E-state index contributed by atoms with van der Waals surface area (Å²) in [6.07, 6.45) is 5.55. The Kier molecular flexibility index (Phi) is 4.22. The van der Waals surface area contributed by atoms with Gasteiger partial charge in [0.05, 0.1) is 22.0 Å². The number of aromatic amines is 2. The van der Waals surface area contributed by atoms with Crippen LogP contribution in [0.1, 0.15) is 13.8 Å². The van der Waals surface area contributed by atoms with E-state index in [1.165, 1.54) is 0 Å². The summed E-state index contributed by atoms with van der Waals surface area (Å²) in [7, 11) is -3.30. The minimum Gasteiger partial charge on any atom is -0.361 e. The second kappa shape index (κ2) is 6.81. The molecule has 5 rings (SSSR count). The fourth-order valence-corrected chi connectivity index (χ4v) is 4.70. The molecular weight excluding hydrogens is 396 g/mol. The molecule has 0 radical (unpaired) electrons. The van der Waals surface area contributed by atoms with E-state index >= 15 is 0 Å². The van der Waals surface area contributed by atoms with Crippen LogP contribution in [0.3, 0.4) is 0 Å². The van der Waals surface area contributed by atoms with Gasteiger partial charge in [0, 0.05) is 34.4 Å². The van der Waals surface area contributed by atoms with E-state index in [1.54, 1.807) is 44.3 Å². The zero-order chi connectivity index (χ0) is 20.9. The summed E-state index contributed by atoms with van der Waals surface area (Å²) in [6.45, 7) is 3.36. The highest BCUT2D eigenvalue weighted by atomic mass is 32.2. The lowest BCUT2D eigenvalue weighted by molar-refractivity contribution is 0.587. The second-order valence-corrected chi connectivity index (χ2v) is 10.0. The van der Waals surface area contributed by atoms with Crippen LogP contribution < -0.4 is 0 Å². The highest BCUT2D eigenvalue weighted by Gasteiger charge is 2.19. The van der Waals surface area contributed by atoms with Crippen LogP contribution in [0.15, 0.2) is 72.0 Å². The molecule has 0 aliphatic rings. The number of fused-ring (bicyclic) bond motifs is 2. The predicted octanol–water partition coefficient (Wildman–Crippen LogP) is 4.96. The molecule has 5 aromatic rings. The number of H-pyrrole nitrogens is 2. The second-order valence-electron chi connectivity index (χ2n) is 7.52. The molecule has 0 aliphatic carbocycles. The highest BCUT2D eigenvalue weighted by Crippen LogP contribution is 2.33. The Morgan fingerprint density at radius 2 is 1.73 bits per heavy atom. The molecule has 6 nitrogen and oxygen atoms in total. The van der Waals surface area contributed by atoms with Crippen molar-refractivity contribution in [3.63, 3.8) is 0 Å². The van der Waals surface area contributed by atoms with E-state index in [0.717, 1.165) is 33.1 Å². The first-order chi connectivity index (χ1) is 14.4. The molecule has 0 saturated carbocycles. The summed E-state index contributed by atoms with van der Waals surface area (Å²) in [5.41, 5.74) is 6.11. The molecule has 0 aliphatic heterocycles. The monoisotopic (exact) mass is 416 g/mol. The lowest BCUT2D eigenvalue weighted by atomic mass is 10.0. The summed E-state index contributed by atoms with van der Waals surface area (Å²) in [4.78, 5) is 16.1. The summed E-state index contributed by atoms with van der Waals surface area (Å²) >= 11 is 0. The number of hydrogen-bond acceptors (Lipinski definition) is 4. The smallest absolute Gasteiger partial charge is 0.180 e. The normalized spacial score (nSPS) is 12.2. The van der Waals surface area contributed by atoms with Crippen molar-refractivity contribution in [2.24, 2.45) is 0 Å². The van der Waals surface area contributed by atoms with E-state index in [1.807, 2.05) is 24.5 Å². The molecule has 0 spiro atoms. The van der Waals surface area contributed by atoms with E-state index in [0.29, 0.717) is 16.2 Å². The molecule has 0 amide bonds. The topological polar surface area (TPSA) is 91.5 Å². The van der Waals surface area contributed by atoms with Crippen molar-refractivity contribution in [3.05, 3.63) is 67.1 Å². The first kappa shape index (κ1) is 18.6. The number of nitrogens with one attached hydrogen (secondary N) is 2. The van der Waals surface area contributed by atoms with Crippen molar-refractivity contribution in [1.82, 2.24) is 19.9 Å². The van der Waals surface area contributed by atoms with Crippen molar-refractivity contribution in [2.45, 2.75) is 24.0 Å². The van der Waals surface area contributed by atoms with Crippen molar-refractivity contribution >= 4 is 31.9 Å². The quantitative estimate of drug-likeness (QED) is 0.433. The van der Waals surface area contributed by atoms with Crippen LogP contribution in [0.4, 0.5) is 0 Å². The Hall–Kier alpha value is -3.45. The molecule has 3 heterocycles. The fourth-order valence-electron chi connectivity index (χ4n) is 3.64. The molecule has 0 atom stereocenters. The van der Waals surface area contributed by atoms with Crippen molar-refractivity contribution in [3.8, 4) is 22.4 Å². The zero-order valence-corrected chi connectivity index (χ0v) is 17.4. The molecule has 0 unspecified atom stereocenters. The Bertz CT molecular complexity index is 1480. The molecule has 7 heteroatoms. The third kappa shape index (κ3) is 2.90. The molecule has 2 N–H and O–H groups in total. The number of benzene rings is 2. The van der Waals surface area contributed by atoms with E-state index < -0.39 is 15.1 Å². The average molecular weight is 417 g/mol. The Labute approximate surface area is 173 Å². The minimum absolute atomic E-state index is 0.316. The van der Waals surface area contributed by atoms with Gasteiger partial charge >= 0.3 is 0 Å². The average Bonchev–Trinajstić information content (AvgIpc) is 3.40. The number of sulfone groups is 1.